The third-order valence-electron chi connectivity index (χ3n) is 0. The average Bonchev–Trinajstić information content (AvgIpc) is 0.811. The van der Waals surface area contributed by atoms with Crippen LogP contribution in [0.2, 0.25) is 0 Å². The van der Waals surface area contributed by atoms with Crippen molar-refractivity contribution in [3.63, 3.8) is 0 Å². The Balaban J connectivity index is 0. The summed E-state index contributed by atoms with van der Waals surface area (Å²) in [5.41, 5.74) is 0. The Morgan fingerprint density at radius 1 is 1.80 bits per heavy atom. The van der Waals surface area contributed by atoms with Crippen LogP contribution in [0, 0.1) is 10.1 Å². The minimum absolute atomic E-state index is 0. The Bertz CT molecular complexity index is 29.9. The maximum atomic E-state index is 8.36. The van der Waals surface area contributed by atoms with E-state index in [4.69, 9.17) is 15.3 Å². The first-order chi connectivity index (χ1) is 1.73. The number of nitrogens with zero attached hydrogens (tertiary/aromatic N) is 1. The molecule has 0 aliphatic carbocycles. The summed E-state index contributed by atoms with van der Waals surface area (Å²) >= 11 is 0. The molecule has 0 heterocycles. The topological polar surface area (TPSA) is 63.4 Å². The second kappa shape index (κ2) is 3.99. The Labute approximate surface area is 44.6 Å². The van der Waals surface area contributed by atoms with E-state index in [1.54, 1.807) is 0 Å². The molecule has 0 aromatic heterocycles. The van der Waals surface area contributed by atoms with Gasteiger partial charge < -0.3 is 5.21 Å². The Morgan fingerprint density at radius 3 is 1.80 bits per heavy atom. The van der Waals surface area contributed by atoms with Gasteiger partial charge in [-0.15, -0.1) is 10.1 Å². The van der Waals surface area contributed by atoms with Crippen molar-refractivity contribution < 1.29 is 10.3 Å². The third kappa shape index (κ3) is 146000. The van der Waals surface area contributed by atoms with Gasteiger partial charge in [-0.1, -0.05) is 0 Å². The number of rotatable bonds is 0. The predicted molar refractivity (Wildman–Crippen MR) is 15.9 cm³/mol. The Kier molecular flexibility index (Phi) is 7.09. The average molecular weight is 192 g/mol. The molecule has 31 valence electrons. The standard InChI is InChI=1S/HNO3.HTe/c2-1(3)4;/h(H,2,3,4);1H. The molecule has 0 bridgehead atoms. The first-order valence-electron chi connectivity index (χ1n) is 0.565. The molecular weight excluding hydrogens is 190 g/mol. The SMILES string of the molecule is O=[N+]([O-])O.[TeH]. The normalized spacial score (nSPS) is 4.80. The molecule has 5 heavy (non-hydrogen) atoms. The van der Waals surface area contributed by atoms with Gasteiger partial charge in [0.25, 0.3) is 5.09 Å². The summed E-state index contributed by atoms with van der Waals surface area (Å²) in [5, 5.41) is 13.6. The van der Waals surface area contributed by atoms with Gasteiger partial charge in [0.15, 0.2) is 0 Å². The zero-order chi connectivity index (χ0) is 3.58. The van der Waals surface area contributed by atoms with E-state index in [0.29, 0.717) is 0 Å². The quantitative estimate of drug-likeness (QED) is 0.304. The van der Waals surface area contributed by atoms with Crippen molar-refractivity contribution in [1.29, 1.82) is 0 Å². The van der Waals surface area contributed by atoms with Crippen molar-refractivity contribution in [2.24, 2.45) is 0 Å². The van der Waals surface area contributed by atoms with E-state index in [9.17, 15) is 0 Å². The van der Waals surface area contributed by atoms with Crippen LogP contribution >= 0.6 is 0 Å². The van der Waals surface area contributed by atoms with Crippen LogP contribution in [0.4, 0.5) is 0 Å². The number of hydrogen-bond donors (Lipinski definition) is 1. The fraction of sp³-hybridized carbons (Fsp3) is 0. The fourth-order valence-corrected chi connectivity index (χ4v) is 0. The first kappa shape index (κ1) is 8.89. The first-order valence-corrected chi connectivity index (χ1v) is 0.565. The summed E-state index contributed by atoms with van der Waals surface area (Å²) in [6.07, 6.45) is 0. The van der Waals surface area contributed by atoms with Crippen LogP contribution in [-0.2, 0) is 0 Å². The van der Waals surface area contributed by atoms with E-state index in [-0.39, 0.29) is 23.7 Å². The van der Waals surface area contributed by atoms with Crippen LogP contribution in [-0.4, -0.2) is 34.0 Å². The summed E-state index contributed by atoms with van der Waals surface area (Å²) in [7, 11) is 0. The molecule has 4 nitrogen and oxygen atoms in total. The molecule has 0 unspecified atom stereocenters. The van der Waals surface area contributed by atoms with Crippen molar-refractivity contribution in [3.8, 4) is 0 Å². The summed E-state index contributed by atoms with van der Waals surface area (Å²) in [5.74, 6) is 0. The van der Waals surface area contributed by atoms with E-state index in [2.05, 4.69) is 0 Å². The van der Waals surface area contributed by atoms with Gasteiger partial charge >= 0.3 is 23.7 Å². The monoisotopic (exact) mass is 194 g/mol. The molecule has 5 heteroatoms. The van der Waals surface area contributed by atoms with Gasteiger partial charge in [0, 0.05) is 0 Å². The molecule has 0 saturated carbocycles. The second-order valence-corrected chi connectivity index (χ2v) is 0.238. The Morgan fingerprint density at radius 2 is 1.80 bits per heavy atom. The van der Waals surface area contributed by atoms with Crippen molar-refractivity contribution in [2.45, 2.75) is 0 Å². The minimum atomic E-state index is -1.50. The molecule has 1 radical (unpaired) electrons. The summed E-state index contributed by atoms with van der Waals surface area (Å²) in [6, 6.07) is 0. The van der Waals surface area contributed by atoms with Gasteiger partial charge in [-0.05, 0) is 0 Å². The fourth-order valence-electron chi connectivity index (χ4n) is 0. The second-order valence-electron chi connectivity index (χ2n) is 0.238. The van der Waals surface area contributed by atoms with E-state index in [0.717, 1.165) is 0 Å². The molecule has 0 atom stereocenters. The molecule has 0 fully saturated rings. The van der Waals surface area contributed by atoms with Crippen molar-refractivity contribution in [2.75, 3.05) is 0 Å². The van der Waals surface area contributed by atoms with Crippen LogP contribution in [0.3, 0.4) is 0 Å². The summed E-state index contributed by atoms with van der Waals surface area (Å²) in [6.45, 7) is 0. The molecule has 0 rings (SSSR count). The molecule has 0 saturated heterocycles. The molecular formula is H2NO3Te. The molecule has 0 amide bonds. The van der Waals surface area contributed by atoms with Crippen LogP contribution in [0.5, 0.6) is 0 Å². The molecule has 0 spiro atoms. The van der Waals surface area contributed by atoms with Gasteiger partial charge in [-0.25, -0.2) is 0 Å². The van der Waals surface area contributed by atoms with Crippen LogP contribution in [0.15, 0.2) is 0 Å². The van der Waals surface area contributed by atoms with E-state index in [1.165, 1.54) is 0 Å². The van der Waals surface area contributed by atoms with Gasteiger partial charge in [-0.3, -0.25) is 0 Å². The zero-order valence-corrected chi connectivity index (χ0v) is 4.71. The Hall–Kier alpha value is -0.0104. The zero-order valence-electron chi connectivity index (χ0n) is 2.16. The summed E-state index contributed by atoms with van der Waals surface area (Å²) < 4.78 is 0. The molecule has 0 aromatic rings. The van der Waals surface area contributed by atoms with Crippen LogP contribution in [0.25, 0.3) is 0 Å². The van der Waals surface area contributed by atoms with Crippen molar-refractivity contribution in [1.82, 2.24) is 0 Å². The molecule has 0 aromatic carbocycles. The van der Waals surface area contributed by atoms with E-state index < -0.39 is 5.09 Å². The molecule has 0 aliphatic rings. The predicted octanol–water partition coefficient (Wildman–Crippen LogP) is -0.996. The molecule has 0 aliphatic heterocycles. The van der Waals surface area contributed by atoms with Gasteiger partial charge in [-0.2, -0.15) is 0 Å². The van der Waals surface area contributed by atoms with Gasteiger partial charge in [0.1, 0.15) is 0 Å². The van der Waals surface area contributed by atoms with E-state index in [1.807, 2.05) is 0 Å². The van der Waals surface area contributed by atoms with Crippen LogP contribution < -0.4 is 0 Å². The van der Waals surface area contributed by atoms with Gasteiger partial charge in [0.2, 0.25) is 0 Å². The number of hydrogen-bond acceptors (Lipinski definition) is 2. The maximum absolute atomic E-state index is 8.36. The summed E-state index contributed by atoms with van der Waals surface area (Å²) in [4.78, 5) is 8.36. The van der Waals surface area contributed by atoms with Crippen LogP contribution in [0.1, 0.15) is 0 Å². The van der Waals surface area contributed by atoms with Gasteiger partial charge in [0.05, 0.1) is 0 Å². The third-order valence-corrected chi connectivity index (χ3v) is 0. The van der Waals surface area contributed by atoms with E-state index >= 15 is 0 Å². The van der Waals surface area contributed by atoms with Crippen molar-refractivity contribution >= 4 is 23.7 Å². The molecule has 1 N–H and O–H groups in total. The van der Waals surface area contributed by atoms with Crippen molar-refractivity contribution in [3.05, 3.63) is 10.1 Å².